The number of hydrogen-bond donors (Lipinski definition) is 1. The van der Waals surface area contributed by atoms with Crippen molar-refractivity contribution in [3.63, 3.8) is 0 Å². The zero-order valence-corrected chi connectivity index (χ0v) is 23.0. The van der Waals surface area contributed by atoms with Crippen molar-refractivity contribution in [1.29, 1.82) is 0 Å². The molecule has 0 aliphatic carbocycles. The Hall–Kier alpha value is -2.66. The first-order valence-electron chi connectivity index (χ1n) is 11.1. The lowest BCUT2D eigenvalue weighted by Gasteiger charge is -2.20. The van der Waals surface area contributed by atoms with Crippen LogP contribution < -0.4 is 5.73 Å². The minimum absolute atomic E-state index is 0.00908. The molecule has 0 spiro atoms. The van der Waals surface area contributed by atoms with E-state index in [0.717, 1.165) is 5.56 Å². The van der Waals surface area contributed by atoms with E-state index in [9.17, 15) is 18.0 Å². The van der Waals surface area contributed by atoms with Gasteiger partial charge in [0, 0.05) is 51.1 Å². The van der Waals surface area contributed by atoms with Gasteiger partial charge in [0.2, 0.25) is 15.9 Å². The predicted molar refractivity (Wildman–Crippen MR) is 140 cm³/mol. The minimum Gasteiger partial charge on any atom is -0.380 e. The van der Waals surface area contributed by atoms with Crippen LogP contribution in [0.4, 0.5) is 0 Å². The van der Waals surface area contributed by atoms with Gasteiger partial charge in [0.15, 0.2) is 5.84 Å². The number of benzene rings is 2. The predicted octanol–water partition coefficient (Wildman–Crippen LogP) is 3.93. The van der Waals surface area contributed by atoms with E-state index in [2.05, 4.69) is 9.99 Å². The fourth-order valence-electron chi connectivity index (χ4n) is 3.23. The fraction of sp³-hybridized carbons (Fsp3) is 0.375. The highest BCUT2D eigenvalue weighted by Gasteiger charge is 2.25. The molecule has 0 saturated heterocycles. The Morgan fingerprint density at radius 2 is 1.69 bits per heavy atom. The number of carbonyl (C=O) groups is 2. The number of amidine groups is 1. The van der Waals surface area contributed by atoms with E-state index in [-0.39, 0.29) is 34.6 Å². The molecule has 2 aromatic carbocycles. The molecule has 0 aliphatic rings. The summed E-state index contributed by atoms with van der Waals surface area (Å²) in [5, 5.41) is 4.05. The largest absolute Gasteiger partial charge is 0.380 e. The highest BCUT2D eigenvalue weighted by atomic mass is 35.5. The molecule has 0 saturated carbocycles. The molecule has 0 atom stereocenters. The molecule has 0 fully saturated rings. The Morgan fingerprint density at radius 3 is 2.31 bits per heavy atom. The van der Waals surface area contributed by atoms with E-state index in [0.29, 0.717) is 35.5 Å². The Morgan fingerprint density at radius 1 is 1.06 bits per heavy atom. The van der Waals surface area contributed by atoms with Gasteiger partial charge in [-0.2, -0.15) is 0 Å². The molecule has 36 heavy (non-hydrogen) atoms. The van der Waals surface area contributed by atoms with Crippen LogP contribution in [0.25, 0.3) is 0 Å². The second kappa shape index (κ2) is 13.0. The first-order chi connectivity index (χ1) is 16.8. The summed E-state index contributed by atoms with van der Waals surface area (Å²) in [6.45, 7) is 3.53. The zero-order valence-electron chi connectivity index (χ0n) is 20.6. The molecule has 9 nitrogen and oxygen atoms in total. The standard InChI is InChI=1S/C24H30Cl2N4O5S/c1-16-20(25)12-13-21(23(16)26)36(33,34)30(4)14-6-5-7-22(32)29(3)15-18-8-10-19(11-9-18)24(27)28-35-17(2)31/h8-13H,5-7,14-15H2,1-4H3,(H2,27,28). The Bertz CT molecular complexity index is 1230. The van der Waals surface area contributed by atoms with Gasteiger partial charge in [-0.25, -0.2) is 17.5 Å². The molecule has 1 amide bonds. The van der Waals surface area contributed by atoms with Crippen molar-refractivity contribution >= 4 is 50.9 Å². The van der Waals surface area contributed by atoms with Crippen LogP contribution in [0.15, 0.2) is 46.4 Å². The summed E-state index contributed by atoms with van der Waals surface area (Å²) in [6, 6.07) is 9.96. The molecule has 0 radical (unpaired) electrons. The monoisotopic (exact) mass is 556 g/mol. The number of rotatable bonds is 11. The molecule has 2 aromatic rings. The van der Waals surface area contributed by atoms with Gasteiger partial charge in [0.1, 0.15) is 4.90 Å². The van der Waals surface area contributed by atoms with Gasteiger partial charge in [-0.3, -0.25) is 4.79 Å². The quantitative estimate of drug-likeness (QED) is 0.147. The van der Waals surface area contributed by atoms with E-state index >= 15 is 0 Å². The molecular formula is C24H30Cl2N4O5S. The fourth-order valence-corrected chi connectivity index (χ4v) is 5.22. The lowest BCUT2D eigenvalue weighted by molar-refractivity contribution is -0.141. The summed E-state index contributed by atoms with van der Waals surface area (Å²) in [6.07, 6.45) is 1.32. The Labute approximate surface area is 221 Å². The molecule has 0 aromatic heterocycles. The number of amides is 1. The second-order valence-corrected chi connectivity index (χ2v) is 11.1. The average molecular weight is 558 g/mol. The van der Waals surface area contributed by atoms with Crippen LogP contribution in [0.2, 0.25) is 10.0 Å². The molecule has 196 valence electrons. The first-order valence-corrected chi connectivity index (χ1v) is 13.3. The zero-order chi connectivity index (χ0) is 27.0. The topological polar surface area (TPSA) is 122 Å². The van der Waals surface area contributed by atoms with Crippen molar-refractivity contribution in [1.82, 2.24) is 9.21 Å². The first kappa shape index (κ1) is 29.6. The van der Waals surface area contributed by atoms with Crippen LogP contribution in [-0.2, 0) is 31.0 Å². The number of halogens is 2. The van der Waals surface area contributed by atoms with Crippen LogP contribution in [0, 0.1) is 6.92 Å². The number of carbonyl (C=O) groups excluding carboxylic acids is 2. The highest BCUT2D eigenvalue weighted by molar-refractivity contribution is 7.89. The van der Waals surface area contributed by atoms with Gasteiger partial charge in [-0.1, -0.05) is 52.6 Å². The molecule has 0 heterocycles. The van der Waals surface area contributed by atoms with E-state index in [1.165, 1.54) is 30.4 Å². The summed E-state index contributed by atoms with van der Waals surface area (Å²) in [4.78, 5) is 29.5. The maximum Gasteiger partial charge on any atom is 0.332 e. The van der Waals surface area contributed by atoms with Gasteiger partial charge in [-0.15, -0.1) is 0 Å². The van der Waals surface area contributed by atoms with Crippen LogP contribution in [0.5, 0.6) is 0 Å². The summed E-state index contributed by atoms with van der Waals surface area (Å²) in [7, 11) is -0.593. The summed E-state index contributed by atoms with van der Waals surface area (Å²) < 4.78 is 27.0. The van der Waals surface area contributed by atoms with Crippen molar-refractivity contribution < 1.29 is 22.8 Å². The van der Waals surface area contributed by atoms with E-state index < -0.39 is 16.0 Å². The van der Waals surface area contributed by atoms with Gasteiger partial charge >= 0.3 is 5.97 Å². The molecule has 12 heteroatoms. The maximum absolute atomic E-state index is 12.9. The maximum atomic E-state index is 12.9. The third-order valence-corrected chi connectivity index (χ3v) is 8.36. The molecule has 0 bridgehead atoms. The summed E-state index contributed by atoms with van der Waals surface area (Å²) >= 11 is 12.2. The SMILES string of the molecule is CC(=O)ON=C(N)c1ccc(CN(C)C(=O)CCCCN(C)S(=O)(=O)c2ccc(Cl)c(C)c2Cl)cc1. The average Bonchev–Trinajstić information content (AvgIpc) is 2.83. The lowest BCUT2D eigenvalue weighted by atomic mass is 10.1. The molecule has 0 unspecified atom stereocenters. The lowest BCUT2D eigenvalue weighted by Crippen LogP contribution is -2.29. The number of nitrogens with zero attached hydrogens (tertiary/aromatic N) is 3. The van der Waals surface area contributed by atoms with Crippen molar-refractivity contribution in [3.05, 3.63) is 63.1 Å². The normalized spacial score (nSPS) is 12.0. The van der Waals surface area contributed by atoms with E-state index in [4.69, 9.17) is 28.9 Å². The number of oxime groups is 1. The van der Waals surface area contributed by atoms with Crippen molar-refractivity contribution in [2.24, 2.45) is 10.9 Å². The smallest absolute Gasteiger partial charge is 0.332 e. The number of unbranched alkanes of at least 4 members (excludes halogenated alkanes) is 1. The van der Waals surface area contributed by atoms with Crippen LogP contribution >= 0.6 is 23.2 Å². The molecule has 2 rings (SSSR count). The highest BCUT2D eigenvalue weighted by Crippen LogP contribution is 2.31. The van der Waals surface area contributed by atoms with Gasteiger partial charge in [0.05, 0.1) is 5.02 Å². The van der Waals surface area contributed by atoms with Crippen LogP contribution in [0.3, 0.4) is 0 Å². The van der Waals surface area contributed by atoms with E-state index in [1.54, 1.807) is 43.1 Å². The van der Waals surface area contributed by atoms with Gasteiger partial charge in [-0.05, 0) is 43.0 Å². The molecule has 2 N–H and O–H groups in total. The number of hydrogen-bond acceptors (Lipinski definition) is 6. The van der Waals surface area contributed by atoms with Crippen LogP contribution in [-0.4, -0.2) is 56.0 Å². The minimum atomic E-state index is -3.78. The third-order valence-electron chi connectivity index (χ3n) is 5.45. The van der Waals surface area contributed by atoms with Gasteiger partial charge in [0.25, 0.3) is 0 Å². The Balaban J connectivity index is 1.84. The summed E-state index contributed by atoms with van der Waals surface area (Å²) in [5.74, 6) is -0.553. The van der Waals surface area contributed by atoms with Gasteiger partial charge < -0.3 is 15.5 Å². The Kier molecular flexibility index (Phi) is 10.7. The summed E-state index contributed by atoms with van der Waals surface area (Å²) in [5.41, 5.74) is 7.75. The number of nitrogens with two attached hydrogens (primary N) is 1. The van der Waals surface area contributed by atoms with Crippen molar-refractivity contribution in [3.8, 4) is 0 Å². The number of sulfonamides is 1. The van der Waals surface area contributed by atoms with E-state index in [1.807, 2.05) is 0 Å². The van der Waals surface area contributed by atoms with Crippen LogP contribution in [0.1, 0.15) is 42.9 Å². The second-order valence-electron chi connectivity index (χ2n) is 8.27. The van der Waals surface area contributed by atoms with Crippen molar-refractivity contribution in [2.75, 3.05) is 20.6 Å². The molecular weight excluding hydrogens is 527 g/mol. The third kappa shape index (κ3) is 7.92. The molecule has 0 aliphatic heterocycles. The van der Waals surface area contributed by atoms with Crippen molar-refractivity contribution in [2.45, 2.75) is 44.6 Å².